The lowest BCUT2D eigenvalue weighted by molar-refractivity contribution is 0.301. The van der Waals surface area contributed by atoms with Crippen LogP contribution in [0.2, 0.25) is 0 Å². The Balaban J connectivity index is 1.50. The number of oxazole rings is 1. The van der Waals surface area contributed by atoms with Crippen molar-refractivity contribution in [2.75, 3.05) is 7.11 Å². The summed E-state index contributed by atoms with van der Waals surface area (Å²) in [5.41, 5.74) is 0.768. The van der Waals surface area contributed by atoms with E-state index >= 15 is 0 Å². The molecule has 2 aromatic carbocycles. The summed E-state index contributed by atoms with van der Waals surface area (Å²) in [6.45, 7) is 0.365. The van der Waals surface area contributed by atoms with E-state index in [9.17, 15) is 0 Å². The Morgan fingerprint density at radius 2 is 1.88 bits per heavy atom. The van der Waals surface area contributed by atoms with E-state index in [1.54, 1.807) is 24.7 Å². The first kappa shape index (κ1) is 14.8. The number of hydrogen-bond donors (Lipinski definition) is 0. The van der Waals surface area contributed by atoms with Gasteiger partial charge in [0.15, 0.2) is 0 Å². The number of rotatable bonds is 5. The molecule has 5 heteroatoms. The summed E-state index contributed by atoms with van der Waals surface area (Å²) in [4.78, 5) is 5.47. The van der Waals surface area contributed by atoms with Gasteiger partial charge in [-0.05, 0) is 46.5 Å². The van der Waals surface area contributed by atoms with Crippen molar-refractivity contribution < 1.29 is 13.9 Å². The van der Waals surface area contributed by atoms with E-state index in [2.05, 4.69) is 4.98 Å². The average Bonchev–Trinajstić information content (AvgIpc) is 3.30. The van der Waals surface area contributed by atoms with Crippen molar-refractivity contribution >= 4 is 22.1 Å². The SMILES string of the molecule is COc1ccc2ccc(OCc3coc(-c4cccs4)n3)cc2c1. The standard InChI is InChI=1S/C19H15NO3S/c1-21-16-6-4-13-5-7-17(10-14(13)9-16)22-11-15-12-23-19(20-15)18-3-2-8-24-18/h2-10,12H,11H2,1H3. The molecule has 120 valence electrons. The lowest BCUT2D eigenvalue weighted by Crippen LogP contribution is -1.95. The highest BCUT2D eigenvalue weighted by Gasteiger charge is 2.08. The van der Waals surface area contributed by atoms with Gasteiger partial charge in [0, 0.05) is 0 Å². The quantitative estimate of drug-likeness (QED) is 0.505. The number of hydrogen-bond acceptors (Lipinski definition) is 5. The maximum absolute atomic E-state index is 5.84. The molecule has 0 spiro atoms. The Morgan fingerprint density at radius 3 is 2.67 bits per heavy atom. The molecule has 0 saturated heterocycles. The zero-order chi connectivity index (χ0) is 16.4. The molecule has 0 amide bonds. The molecule has 0 atom stereocenters. The first-order chi connectivity index (χ1) is 11.8. The molecule has 0 aliphatic carbocycles. The van der Waals surface area contributed by atoms with Gasteiger partial charge in [-0.3, -0.25) is 0 Å². The lowest BCUT2D eigenvalue weighted by atomic mass is 10.1. The maximum Gasteiger partial charge on any atom is 0.236 e. The molecule has 0 aliphatic rings. The van der Waals surface area contributed by atoms with Crippen LogP contribution in [0.4, 0.5) is 0 Å². The van der Waals surface area contributed by atoms with Crippen LogP contribution in [-0.2, 0) is 6.61 Å². The first-order valence-electron chi connectivity index (χ1n) is 7.51. The van der Waals surface area contributed by atoms with E-state index in [-0.39, 0.29) is 0 Å². The Kier molecular flexibility index (Phi) is 3.92. The molecular weight excluding hydrogens is 322 g/mol. The van der Waals surface area contributed by atoms with Crippen LogP contribution in [0, 0.1) is 0 Å². The minimum Gasteiger partial charge on any atom is -0.497 e. The zero-order valence-electron chi connectivity index (χ0n) is 13.1. The lowest BCUT2D eigenvalue weighted by Gasteiger charge is -2.07. The van der Waals surface area contributed by atoms with E-state index < -0.39 is 0 Å². The molecule has 0 unspecified atom stereocenters. The van der Waals surface area contributed by atoms with Crippen molar-refractivity contribution in [1.82, 2.24) is 4.98 Å². The fourth-order valence-electron chi connectivity index (χ4n) is 2.46. The van der Waals surface area contributed by atoms with Crippen LogP contribution in [0.3, 0.4) is 0 Å². The largest absolute Gasteiger partial charge is 0.497 e. The van der Waals surface area contributed by atoms with Gasteiger partial charge < -0.3 is 13.9 Å². The normalized spacial score (nSPS) is 10.9. The molecule has 0 aliphatic heterocycles. The van der Waals surface area contributed by atoms with Crippen molar-refractivity contribution in [3.63, 3.8) is 0 Å². The molecular formula is C19H15NO3S. The van der Waals surface area contributed by atoms with Crippen LogP contribution in [0.15, 0.2) is 64.6 Å². The number of fused-ring (bicyclic) bond motifs is 1. The predicted octanol–water partition coefficient (Wildman–Crippen LogP) is 5.14. The molecule has 2 heterocycles. The van der Waals surface area contributed by atoms with Crippen molar-refractivity contribution in [3.8, 4) is 22.3 Å². The van der Waals surface area contributed by atoms with E-state index in [0.29, 0.717) is 12.5 Å². The summed E-state index contributed by atoms with van der Waals surface area (Å²) in [5.74, 6) is 2.25. The fraction of sp³-hybridized carbons (Fsp3) is 0.105. The summed E-state index contributed by atoms with van der Waals surface area (Å²) in [5, 5.41) is 4.22. The summed E-state index contributed by atoms with van der Waals surface area (Å²) in [6.07, 6.45) is 1.64. The average molecular weight is 337 g/mol. The second kappa shape index (κ2) is 6.37. The van der Waals surface area contributed by atoms with Gasteiger partial charge in [-0.15, -0.1) is 11.3 Å². The molecule has 0 radical (unpaired) electrons. The molecule has 4 nitrogen and oxygen atoms in total. The van der Waals surface area contributed by atoms with E-state index in [0.717, 1.165) is 32.8 Å². The van der Waals surface area contributed by atoms with Crippen LogP contribution in [-0.4, -0.2) is 12.1 Å². The van der Waals surface area contributed by atoms with Crippen molar-refractivity contribution in [2.45, 2.75) is 6.61 Å². The fourth-order valence-corrected chi connectivity index (χ4v) is 3.12. The molecule has 4 aromatic rings. The van der Waals surface area contributed by atoms with Crippen molar-refractivity contribution in [1.29, 1.82) is 0 Å². The Bertz CT molecular complexity index is 960. The summed E-state index contributed by atoms with van der Waals surface area (Å²) in [7, 11) is 1.66. The van der Waals surface area contributed by atoms with Gasteiger partial charge in [0.2, 0.25) is 5.89 Å². The van der Waals surface area contributed by atoms with Gasteiger partial charge in [0.25, 0.3) is 0 Å². The monoisotopic (exact) mass is 337 g/mol. The van der Waals surface area contributed by atoms with Gasteiger partial charge in [-0.1, -0.05) is 18.2 Å². The van der Waals surface area contributed by atoms with Crippen molar-refractivity contribution in [3.05, 3.63) is 65.9 Å². The zero-order valence-corrected chi connectivity index (χ0v) is 13.9. The Hall–Kier alpha value is -2.79. The third-order valence-electron chi connectivity index (χ3n) is 3.69. The summed E-state index contributed by atoms with van der Waals surface area (Å²) < 4.78 is 16.6. The molecule has 2 aromatic heterocycles. The second-order valence-electron chi connectivity index (χ2n) is 5.28. The van der Waals surface area contributed by atoms with E-state index in [1.165, 1.54) is 0 Å². The van der Waals surface area contributed by atoms with E-state index in [1.807, 2.05) is 53.9 Å². The van der Waals surface area contributed by atoms with Crippen LogP contribution >= 0.6 is 11.3 Å². The predicted molar refractivity (Wildman–Crippen MR) is 94.6 cm³/mol. The highest BCUT2D eigenvalue weighted by Crippen LogP contribution is 2.26. The number of ether oxygens (including phenoxy) is 2. The number of nitrogens with zero attached hydrogens (tertiary/aromatic N) is 1. The van der Waals surface area contributed by atoms with Crippen LogP contribution in [0.1, 0.15) is 5.69 Å². The topological polar surface area (TPSA) is 44.5 Å². The third kappa shape index (κ3) is 2.98. The third-order valence-corrected chi connectivity index (χ3v) is 4.55. The smallest absolute Gasteiger partial charge is 0.236 e. The summed E-state index contributed by atoms with van der Waals surface area (Å²) >= 11 is 1.60. The van der Waals surface area contributed by atoms with Gasteiger partial charge in [-0.25, -0.2) is 4.98 Å². The van der Waals surface area contributed by atoms with Crippen LogP contribution in [0.25, 0.3) is 21.5 Å². The molecule has 0 fully saturated rings. The van der Waals surface area contributed by atoms with Gasteiger partial charge in [0.1, 0.15) is 30.1 Å². The molecule has 0 N–H and O–H groups in total. The number of methoxy groups -OCH3 is 1. The number of aromatic nitrogens is 1. The Morgan fingerprint density at radius 1 is 1.04 bits per heavy atom. The van der Waals surface area contributed by atoms with Gasteiger partial charge >= 0.3 is 0 Å². The molecule has 24 heavy (non-hydrogen) atoms. The highest BCUT2D eigenvalue weighted by atomic mass is 32.1. The van der Waals surface area contributed by atoms with Crippen LogP contribution < -0.4 is 9.47 Å². The second-order valence-corrected chi connectivity index (χ2v) is 6.23. The maximum atomic E-state index is 5.84. The molecule has 0 bridgehead atoms. The highest BCUT2D eigenvalue weighted by molar-refractivity contribution is 7.13. The number of thiophene rings is 1. The minimum absolute atomic E-state index is 0.365. The Labute approximate surface area is 143 Å². The summed E-state index contributed by atoms with van der Waals surface area (Å²) in [6, 6.07) is 15.9. The van der Waals surface area contributed by atoms with Crippen LogP contribution in [0.5, 0.6) is 11.5 Å². The van der Waals surface area contributed by atoms with E-state index in [4.69, 9.17) is 13.9 Å². The van der Waals surface area contributed by atoms with Crippen molar-refractivity contribution in [2.24, 2.45) is 0 Å². The number of benzene rings is 2. The van der Waals surface area contributed by atoms with Gasteiger partial charge in [0.05, 0.1) is 12.0 Å². The first-order valence-corrected chi connectivity index (χ1v) is 8.39. The molecule has 0 saturated carbocycles. The minimum atomic E-state index is 0.365. The molecule has 4 rings (SSSR count). The van der Waals surface area contributed by atoms with Gasteiger partial charge in [-0.2, -0.15) is 0 Å².